The lowest BCUT2D eigenvalue weighted by molar-refractivity contribution is -0.123. The van der Waals surface area contributed by atoms with Crippen molar-refractivity contribution in [1.82, 2.24) is 10.3 Å². The Bertz CT molecular complexity index is 1110. The highest BCUT2D eigenvalue weighted by Crippen LogP contribution is 2.31. The number of aromatic carboxylic acids is 1. The Morgan fingerprint density at radius 1 is 1.06 bits per heavy atom. The number of carboxylic acids is 1. The zero-order valence-electron chi connectivity index (χ0n) is 17.8. The van der Waals surface area contributed by atoms with E-state index in [4.69, 9.17) is 9.47 Å². The summed E-state index contributed by atoms with van der Waals surface area (Å²) in [5.74, 6) is -0.210. The number of carbonyl (C=O) groups is 2. The topological polar surface area (TPSA) is 97.8 Å². The Balaban J connectivity index is 1.82. The molecule has 0 aliphatic carbocycles. The summed E-state index contributed by atoms with van der Waals surface area (Å²) in [5.41, 5.74) is 2.03. The van der Waals surface area contributed by atoms with Crippen LogP contribution in [0.5, 0.6) is 11.5 Å². The number of hydrogen-bond donors (Lipinski definition) is 2. The number of nitrogens with zero attached hydrogens (tertiary/aromatic N) is 1. The van der Waals surface area contributed by atoms with Crippen LogP contribution < -0.4 is 14.8 Å². The number of carbonyl (C=O) groups excluding carboxylic acids is 1. The first-order valence-corrected chi connectivity index (χ1v) is 11.0. The number of likely N-dealkylation sites (N-methyl/N-ethyl adjacent to an activating group) is 1. The minimum atomic E-state index is -1.01. The van der Waals surface area contributed by atoms with Crippen molar-refractivity contribution in [1.29, 1.82) is 0 Å². The standard InChI is InChI=1S/C24H24N2O5S/c1-3-25-20(27)15-31-18-12-10-16(14-19(18)30-4-2)11-13-21-26-22(23(32-21)24(28)29)17-8-6-5-7-9-17/h5-14H,3-4,15H2,1-2H3,(H,25,27)(H,28,29). The van der Waals surface area contributed by atoms with Gasteiger partial charge < -0.3 is 19.9 Å². The maximum absolute atomic E-state index is 11.7. The number of nitrogens with one attached hydrogen (secondary N) is 1. The van der Waals surface area contributed by atoms with Crippen molar-refractivity contribution in [3.05, 3.63) is 64.0 Å². The first kappa shape index (κ1) is 23.0. The van der Waals surface area contributed by atoms with E-state index in [1.807, 2.05) is 56.3 Å². The summed E-state index contributed by atoms with van der Waals surface area (Å²) in [7, 11) is 0. The Hall–Kier alpha value is -3.65. The zero-order chi connectivity index (χ0) is 22.9. The second-order valence-corrected chi connectivity index (χ2v) is 7.65. The van der Waals surface area contributed by atoms with Crippen molar-refractivity contribution in [2.75, 3.05) is 19.8 Å². The van der Waals surface area contributed by atoms with Crippen LogP contribution in [0.3, 0.4) is 0 Å². The third-order valence-electron chi connectivity index (χ3n) is 4.30. The lowest BCUT2D eigenvalue weighted by Crippen LogP contribution is -2.28. The second-order valence-electron chi connectivity index (χ2n) is 6.62. The molecule has 2 N–H and O–H groups in total. The lowest BCUT2D eigenvalue weighted by atomic mass is 10.1. The molecule has 0 fully saturated rings. The van der Waals surface area contributed by atoms with Crippen LogP contribution in [-0.2, 0) is 4.79 Å². The minimum Gasteiger partial charge on any atom is -0.490 e. The van der Waals surface area contributed by atoms with Crippen LogP contribution in [0.25, 0.3) is 23.4 Å². The molecule has 0 spiro atoms. The minimum absolute atomic E-state index is 0.0948. The number of aromatic nitrogens is 1. The summed E-state index contributed by atoms with van der Waals surface area (Å²) in [5, 5.41) is 12.8. The number of benzene rings is 2. The van der Waals surface area contributed by atoms with Crippen LogP contribution in [-0.4, -0.2) is 41.7 Å². The van der Waals surface area contributed by atoms with E-state index in [1.165, 1.54) is 0 Å². The van der Waals surface area contributed by atoms with E-state index >= 15 is 0 Å². The number of ether oxygens (including phenoxy) is 2. The smallest absolute Gasteiger partial charge is 0.348 e. The maximum Gasteiger partial charge on any atom is 0.348 e. The highest BCUT2D eigenvalue weighted by Gasteiger charge is 2.17. The number of thiazole rings is 1. The molecule has 0 radical (unpaired) electrons. The molecule has 1 aromatic heterocycles. The fourth-order valence-electron chi connectivity index (χ4n) is 2.92. The number of carboxylic acid groups (broad SMARTS) is 1. The van der Waals surface area contributed by atoms with Crippen molar-refractivity contribution in [2.45, 2.75) is 13.8 Å². The first-order valence-electron chi connectivity index (χ1n) is 10.2. The molecule has 7 nitrogen and oxygen atoms in total. The molecule has 8 heteroatoms. The molecular formula is C24H24N2O5S. The summed E-state index contributed by atoms with van der Waals surface area (Å²) >= 11 is 1.12. The SMILES string of the molecule is CCNC(=O)COc1ccc(C=Cc2nc(-c3ccccc3)c(C(=O)O)s2)cc1OCC. The van der Waals surface area contributed by atoms with Gasteiger partial charge in [-0.2, -0.15) is 0 Å². The van der Waals surface area contributed by atoms with Gasteiger partial charge in [-0.25, -0.2) is 9.78 Å². The van der Waals surface area contributed by atoms with Gasteiger partial charge in [-0.1, -0.05) is 42.5 Å². The van der Waals surface area contributed by atoms with Gasteiger partial charge in [0.1, 0.15) is 9.88 Å². The Morgan fingerprint density at radius 2 is 1.84 bits per heavy atom. The Morgan fingerprint density at radius 3 is 2.53 bits per heavy atom. The molecule has 0 aliphatic heterocycles. The van der Waals surface area contributed by atoms with E-state index in [1.54, 1.807) is 18.2 Å². The molecule has 0 saturated carbocycles. The average Bonchev–Trinajstić information content (AvgIpc) is 3.23. The molecule has 1 heterocycles. The van der Waals surface area contributed by atoms with Crippen LogP contribution in [0.2, 0.25) is 0 Å². The van der Waals surface area contributed by atoms with Gasteiger partial charge in [-0.05, 0) is 37.6 Å². The molecule has 0 bridgehead atoms. The quantitative estimate of drug-likeness (QED) is 0.467. The third-order valence-corrected chi connectivity index (χ3v) is 5.31. The summed E-state index contributed by atoms with van der Waals surface area (Å²) < 4.78 is 11.2. The molecule has 2 aromatic carbocycles. The van der Waals surface area contributed by atoms with Crippen LogP contribution in [0, 0.1) is 0 Å². The van der Waals surface area contributed by atoms with Crippen molar-refractivity contribution >= 4 is 35.4 Å². The predicted molar refractivity (Wildman–Crippen MR) is 125 cm³/mol. The molecule has 1 amide bonds. The molecule has 3 rings (SSSR count). The van der Waals surface area contributed by atoms with Crippen LogP contribution in [0.1, 0.15) is 34.1 Å². The number of rotatable bonds is 10. The molecule has 0 unspecified atom stereocenters. The van der Waals surface area contributed by atoms with Crippen molar-refractivity contribution in [3.8, 4) is 22.8 Å². The van der Waals surface area contributed by atoms with Crippen molar-refractivity contribution in [3.63, 3.8) is 0 Å². The fraction of sp³-hybridized carbons (Fsp3) is 0.208. The van der Waals surface area contributed by atoms with Gasteiger partial charge in [0.15, 0.2) is 18.1 Å². The van der Waals surface area contributed by atoms with E-state index < -0.39 is 5.97 Å². The number of hydrogen-bond acceptors (Lipinski definition) is 6. The van der Waals surface area contributed by atoms with Crippen LogP contribution in [0.15, 0.2) is 48.5 Å². The summed E-state index contributed by atoms with van der Waals surface area (Å²) in [6, 6.07) is 14.6. The van der Waals surface area contributed by atoms with Gasteiger partial charge in [0.05, 0.1) is 12.3 Å². The summed E-state index contributed by atoms with van der Waals surface area (Å²) in [4.78, 5) is 28.0. The fourth-order valence-corrected chi connectivity index (χ4v) is 3.75. The van der Waals surface area contributed by atoms with Crippen LogP contribution >= 0.6 is 11.3 Å². The lowest BCUT2D eigenvalue weighted by Gasteiger charge is -2.12. The highest BCUT2D eigenvalue weighted by atomic mass is 32.1. The van der Waals surface area contributed by atoms with Crippen molar-refractivity contribution < 1.29 is 24.2 Å². The molecule has 166 valence electrons. The maximum atomic E-state index is 11.7. The predicted octanol–water partition coefficient (Wildman–Crippen LogP) is 4.59. The molecule has 0 saturated heterocycles. The normalized spacial score (nSPS) is 10.8. The van der Waals surface area contributed by atoms with Crippen molar-refractivity contribution in [2.24, 2.45) is 0 Å². The monoisotopic (exact) mass is 452 g/mol. The van der Waals surface area contributed by atoms with Gasteiger partial charge in [-0.15, -0.1) is 11.3 Å². The van der Waals surface area contributed by atoms with E-state index in [-0.39, 0.29) is 17.4 Å². The molecule has 3 aromatic rings. The molecule has 32 heavy (non-hydrogen) atoms. The van der Waals surface area contributed by atoms with E-state index in [9.17, 15) is 14.7 Å². The summed E-state index contributed by atoms with van der Waals surface area (Å²) in [6.45, 7) is 4.60. The zero-order valence-corrected chi connectivity index (χ0v) is 18.6. The molecule has 0 atom stereocenters. The molecular weight excluding hydrogens is 428 g/mol. The number of amides is 1. The molecule has 0 aliphatic rings. The highest BCUT2D eigenvalue weighted by molar-refractivity contribution is 7.15. The summed E-state index contributed by atoms with van der Waals surface area (Å²) in [6.07, 6.45) is 3.60. The Kier molecular flexibility index (Phi) is 7.99. The van der Waals surface area contributed by atoms with Crippen LogP contribution in [0.4, 0.5) is 0 Å². The third kappa shape index (κ3) is 5.95. The van der Waals surface area contributed by atoms with Gasteiger partial charge in [0, 0.05) is 12.1 Å². The van der Waals surface area contributed by atoms with Gasteiger partial charge in [0.25, 0.3) is 5.91 Å². The van der Waals surface area contributed by atoms with E-state index in [0.717, 1.165) is 22.5 Å². The van der Waals surface area contributed by atoms with Gasteiger partial charge in [-0.3, -0.25) is 4.79 Å². The van der Waals surface area contributed by atoms with Gasteiger partial charge in [0.2, 0.25) is 0 Å². The van der Waals surface area contributed by atoms with Gasteiger partial charge >= 0.3 is 5.97 Å². The largest absolute Gasteiger partial charge is 0.490 e. The van der Waals surface area contributed by atoms with E-state index in [2.05, 4.69) is 10.3 Å². The first-order chi connectivity index (χ1) is 15.5. The second kappa shape index (κ2) is 11.1. The Labute approximate surface area is 190 Å². The van der Waals surface area contributed by atoms with E-state index in [0.29, 0.717) is 35.4 Å². The average molecular weight is 453 g/mol.